The number of amides is 1. The van der Waals surface area contributed by atoms with Gasteiger partial charge >= 0.3 is 0 Å². The third kappa shape index (κ3) is 2.69. The zero-order valence-electron chi connectivity index (χ0n) is 12.2. The number of hydrogen-bond acceptors (Lipinski definition) is 3. The van der Waals surface area contributed by atoms with Crippen molar-refractivity contribution in [2.45, 2.75) is 26.2 Å². The molecule has 2 N–H and O–H groups in total. The van der Waals surface area contributed by atoms with Gasteiger partial charge in [-0.15, -0.1) is 11.3 Å². The molecule has 0 radical (unpaired) electrons. The number of H-pyrrole nitrogens is 1. The summed E-state index contributed by atoms with van der Waals surface area (Å²) in [6.07, 6.45) is 0. The summed E-state index contributed by atoms with van der Waals surface area (Å²) in [6, 6.07) is 9.78. The van der Waals surface area contributed by atoms with Gasteiger partial charge in [0.2, 0.25) is 0 Å². The van der Waals surface area contributed by atoms with Crippen LogP contribution in [-0.4, -0.2) is 16.1 Å². The highest BCUT2D eigenvalue weighted by atomic mass is 32.1. The minimum absolute atomic E-state index is 0.0228. The molecule has 2 aromatic heterocycles. The molecule has 4 nitrogen and oxygen atoms in total. The van der Waals surface area contributed by atoms with Crippen LogP contribution in [0.2, 0.25) is 0 Å². The molecule has 0 aliphatic heterocycles. The Kier molecular flexibility index (Phi) is 3.29. The summed E-state index contributed by atoms with van der Waals surface area (Å²) in [5.41, 5.74) is 1.66. The van der Waals surface area contributed by atoms with Gasteiger partial charge in [-0.2, -0.15) is 5.10 Å². The van der Waals surface area contributed by atoms with E-state index in [0.717, 1.165) is 15.8 Å². The molecular weight excluding hydrogens is 282 g/mol. The van der Waals surface area contributed by atoms with Crippen LogP contribution in [0.25, 0.3) is 10.1 Å². The third-order valence-electron chi connectivity index (χ3n) is 3.35. The average molecular weight is 299 g/mol. The van der Waals surface area contributed by atoms with Gasteiger partial charge in [0.15, 0.2) is 5.82 Å². The van der Waals surface area contributed by atoms with Gasteiger partial charge in [-0.25, -0.2) is 0 Å². The average Bonchev–Trinajstić information content (AvgIpc) is 3.03. The van der Waals surface area contributed by atoms with Crippen LogP contribution in [0, 0.1) is 0 Å². The molecule has 3 rings (SSSR count). The maximum atomic E-state index is 12.4. The summed E-state index contributed by atoms with van der Waals surface area (Å²) in [7, 11) is 0. The number of nitrogens with one attached hydrogen (secondary N) is 2. The largest absolute Gasteiger partial charge is 0.305 e. The van der Waals surface area contributed by atoms with Crippen LogP contribution in [0.4, 0.5) is 5.82 Å². The van der Waals surface area contributed by atoms with Gasteiger partial charge in [-0.05, 0) is 6.07 Å². The number of aromatic nitrogens is 2. The Morgan fingerprint density at radius 2 is 2.05 bits per heavy atom. The van der Waals surface area contributed by atoms with Crippen LogP contribution < -0.4 is 5.32 Å². The van der Waals surface area contributed by atoms with Gasteiger partial charge in [0.25, 0.3) is 5.91 Å². The molecule has 108 valence electrons. The van der Waals surface area contributed by atoms with Crippen molar-refractivity contribution in [3.8, 4) is 0 Å². The normalized spacial score (nSPS) is 11.8. The maximum absolute atomic E-state index is 12.4. The van der Waals surface area contributed by atoms with E-state index in [9.17, 15) is 4.79 Å². The fourth-order valence-corrected chi connectivity index (χ4v) is 3.05. The second kappa shape index (κ2) is 5.00. The number of benzene rings is 1. The lowest BCUT2D eigenvalue weighted by Gasteiger charge is -2.14. The van der Waals surface area contributed by atoms with Crippen molar-refractivity contribution in [2.24, 2.45) is 0 Å². The third-order valence-corrected chi connectivity index (χ3v) is 4.32. The Hall–Kier alpha value is -2.14. The zero-order valence-corrected chi connectivity index (χ0v) is 13.0. The number of fused-ring (bicyclic) bond motifs is 1. The molecule has 0 aliphatic carbocycles. The first-order chi connectivity index (χ1) is 9.95. The molecule has 3 aromatic rings. The van der Waals surface area contributed by atoms with Gasteiger partial charge in [0, 0.05) is 32.6 Å². The Balaban J connectivity index is 1.85. The lowest BCUT2D eigenvalue weighted by Crippen LogP contribution is -2.12. The molecule has 0 fully saturated rings. The molecule has 5 heteroatoms. The number of carbonyl (C=O) groups excluding carboxylic acids is 1. The first kappa shape index (κ1) is 13.8. The standard InChI is InChI=1S/C16H17N3OS/c1-16(2,3)13-8-14(19-18-13)17-15(20)11-9-21-12-7-5-4-6-10(11)12/h4-9H,1-3H3,(H2,17,18,19,20). The summed E-state index contributed by atoms with van der Waals surface area (Å²) in [4.78, 5) is 12.4. The Bertz CT molecular complexity index is 795. The smallest absolute Gasteiger partial charge is 0.258 e. The van der Waals surface area contributed by atoms with Crippen LogP contribution in [-0.2, 0) is 5.41 Å². The highest BCUT2D eigenvalue weighted by Gasteiger charge is 2.18. The van der Waals surface area contributed by atoms with Crippen LogP contribution in [0.3, 0.4) is 0 Å². The first-order valence-corrected chi connectivity index (χ1v) is 7.66. The molecule has 21 heavy (non-hydrogen) atoms. The van der Waals surface area contributed by atoms with E-state index in [0.29, 0.717) is 11.4 Å². The lowest BCUT2D eigenvalue weighted by atomic mass is 9.92. The van der Waals surface area contributed by atoms with Crippen molar-refractivity contribution in [3.63, 3.8) is 0 Å². The summed E-state index contributed by atoms with van der Waals surface area (Å²) in [5.74, 6) is 0.430. The van der Waals surface area contributed by atoms with Crippen LogP contribution in [0.15, 0.2) is 35.7 Å². The predicted octanol–water partition coefficient (Wildman–Crippen LogP) is 4.17. The van der Waals surface area contributed by atoms with E-state index in [1.54, 1.807) is 11.3 Å². The molecule has 0 unspecified atom stereocenters. The maximum Gasteiger partial charge on any atom is 0.258 e. The monoisotopic (exact) mass is 299 g/mol. The fourth-order valence-electron chi connectivity index (χ4n) is 2.11. The van der Waals surface area contributed by atoms with Crippen molar-refractivity contribution in [1.29, 1.82) is 0 Å². The number of aromatic amines is 1. The Morgan fingerprint density at radius 1 is 1.29 bits per heavy atom. The molecule has 1 amide bonds. The highest BCUT2D eigenvalue weighted by Crippen LogP contribution is 2.27. The van der Waals surface area contributed by atoms with Gasteiger partial charge in [-0.3, -0.25) is 9.89 Å². The van der Waals surface area contributed by atoms with E-state index in [1.807, 2.05) is 35.7 Å². The lowest BCUT2D eigenvalue weighted by molar-refractivity contribution is 0.102. The van der Waals surface area contributed by atoms with Gasteiger partial charge in [0.05, 0.1) is 5.56 Å². The molecule has 0 bridgehead atoms. The molecular formula is C16H17N3OS. The number of carbonyl (C=O) groups is 1. The number of nitrogens with zero attached hydrogens (tertiary/aromatic N) is 1. The van der Waals surface area contributed by atoms with Crippen molar-refractivity contribution < 1.29 is 4.79 Å². The van der Waals surface area contributed by atoms with Crippen molar-refractivity contribution in [1.82, 2.24) is 10.2 Å². The molecule has 0 aliphatic rings. The number of anilines is 1. The van der Waals surface area contributed by atoms with Crippen LogP contribution >= 0.6 is 11.3 Å². The summed E-state index contributed by atoms with van der Waals surface area (Å²) in [5, 5.41) is 12.8. The molecule has 0 saturated heterocycles. The summed E-state index contributed by atoms with van der Waals surface area (Å²) >= 11 is 1.57. The second-order valence-electron chi connectivity index (χ2n) is 6.02. The van der Waals surface area contributed by atoms with Crippen molar-refractivity contribution in [3.05, 3.63) is 47.0 Å². The topological polar surface area (TPSA) is 57.8 Å². The number of rotatable bonds is 2. The first-order valence-electron chi connectivity index (χ1n) is 6.78. The Labute approximate surface area is 127 Å². The number of thiophene rings is 1. The van der Waals surface area contributed by atoms with E-state index < -0.39 is 0 Å². The number of hydrogen-bond donors (Lipinski definition) is 2. The quantitative estimate of drug-likeness (QED) is 0.746. The van der Waals surface area contributed by atoms with Crippen LogP contribution in [0.1, 0.15) is 36.8 Å². The molecule has 0 spiro atoms. The zero-order chi connectivity index (χ0) is 15.0. The van der Waals surface area contributed by atoms with E-state index >= 15 is 0 Å². The van der Waals surface area contributed by atoms with Crippen LogP contribution in [0.5, 0.6) is 0 Å². The molecule has 1 aromatic carbocycles. The summed E-state index contributed by atoms with van der Waals surface area (Å²) in [6.45, 7) is 6.29. The molecule has 0 saturated carbocycles. The van der Waals surface area contributed by atoms with Gasteiger partial charge in [-0.1, -0.05) is 39.0 Å². The molecule has 0 atom stereocenters. The van der Waals surface area contributed by atoms with Crippen molar-refractivity contribution in [2.75, 3.05) is 5.32 Å². The second-order valence-corrected chi connectivity index (χ2v) is 6.93. The van der Waals surface area contributed by atoms with E-state index in [-0.39, 0.29) is 11.3 Å². The highest BCUT2D eigenvalue weighted by molar-refractivity contribution is 7.17. The van der Waals surface area contributed by atoms with Gasteiger partial charge < -0.3 is 5.32 Å². The minimum atomic E-state index is -0.126. The molecule has 2 heterocycles. The van der Waals surface area contributed by atoms with Gasteiger partial charge in [0.1, 0.15) is 0 Å². The SMILES string of the molecule is CC(C)(C)c1cc(NC(=O)c2csc3ccccc23)n[nH]1. The van der Waals surface area contributed by atoms with E-state index in [2.05, 4.69) is 36.3 Å². The minimum Gasteiger partial charge on any atom is -0.305 e. The van der Waals surface area contributed by atoms with E-state index in [1.165, 1.54) is 0 Å². The van der Waals surface area contributed by atoms with E-state index in [4.69, 9.17) is 0 Å². The Morgan fingerprint density at radius 3 is 2.76 bits per heavy atom. The fraction of sp³-hybridized carbons (Fsp3) is 0.250. The predicted molar refractivity (Wildman–Crippen MR) is 87.1 cm³/mol. The van der Waals surface area contributed by atoms with Crippen molar-refractivity contribution >= 4 is 33.1 Å². The summed E-state index contributed by atoms with van der Waals surface area (Å²) < 4.78 is 1.11.